The number of likely N-dealkylation sites (tertiary alicyclic amines) is 1. The van der Waals surface area contributed by atoms with Crippen molar-refractivity contribution in [2.75, 3.05) is 33.3 Å². The number of amides is 1. The second-order valence-corrected chi connectivity index (χ2v) is 10.7. The summed E-state index contributed by atoms with van der Waals surface area (Å²) in [5, 5.41) is 11.6. The van der Waals surface area contributed by atoms with E-state index in [2.05, 4.69) is 18.7 Å². The summed E-state index contributed by atoms with van der Waals surface area (Å²) in [4.78, 5) is 30.8. The first-order valence-electron chi connectivity index (χ1n) is 14.5. The monoisotopic (exact) mass is 570 g/mol. The molecule has 0 radical (unpaired) electrons. The van der Waals surface area contributed by atoms with Gasteiger partial charge in [-0.05, 0) is 67.0 Å². The van der Waals surface area contributed by atoms with Crippen molar-refractivity contribution in [1.29, 1.82) is 0 Å². The summed E-state index contributed by atoms with van der Waals surface area (Å²) >= 11 is 0. The van der Waals surface area contributed by atoms with E-state index in [9.17, 15) is 14.7 Å². The minimum Gasteiger partial charge on any atom is -0.507 e. The third kappa shape index (κ3) is 5.85. The van der Waals surface area contributed by atoms with Crippen molar-refractivity contribution >= 4 is 17.4 Å². The molecule has 8 heteroatoms. The predicted octanol–water partition coefficient (Wildman–Crippen LogP) is 5.36. The van der Waals surface area contributed by atoms with Gasteiger partial charge in [0.1, 0.15) is 24.2 Å². The Labute approximate surface area is 247 Å². The molecule has 2 atom stereocenters. The number of ketones is 1. The molecule has 1 N–H and O–H groups in total. The maximum absolute atomic E-state index is 13.6. The van der Waals surface area contributed by atoms with Crippen molar-refractivity contribution < 1.29 is 28.9 Å². The summed E-state index contributed by atoms with van der Waals surface area (Å²) < 4.78 is 17.5. The molecule has 220 valence electrons. The van der Waals surface area contributed by atoms with E-state index in [1.165, 1.54) is 0 Å². The summed E-state index contributed by atoms with van der Waals surface area (Å²) in [6.45, 7) is 9.04. The average molecular weight is 571 g/mol. The normalized spacial score (nSPS) is 19.2. The molecular weight excluding hydrogens is 532 g/mol. The minimum atomic E-state index is -0.791. The Bertz CT molecular complexity index is 1480. The van der Waals surface area contributed by atoms with Crippen molar-refractivity contribution in [2.45, 2.75) is 45.9 Å². The second-order valence-electron chi connectivity index (χ2n) is 10.7. The third-order valence-corrected chi connectivity index (χ3v) is 8.00. The fourth-order valence-electron chi connectivity index (χ4n) is 5.68. The van der Waals surface area contributed by atoms with Crippen molar-refractivity contribution in [3.63, 3.8) is 0 Å². The lowest BCUT2D eigenvalue weighted by molar-refractivity contribution is -0.140. The molecule has 3 aromatic rings. The number of benzene rings is 3. The molecular formula is C34H38N2O6. The van der Waals surface area contributed by atoms with Crippen LogP contribution < -0.4 is 14.2 Å². The number of fused-ring (bicyclic) bond motifs is 1. The number of hydrogen-bond donors (Lipinski definition) is 1. The lowest BCUT2D eigenvalue weighted by atomic mass is 9.94. The highest BCUT2D eigenvalue weighted by Gasteiger charge is 2.46. The number of rotatable bonds is 11. The van der Waals surface area contributed by atoms with E-state index < -0.39 is 17.7 Å². The Morgan fingerprint density at radius 1 is 1.02 bits per heavy atom. The molecule has 0 aromatic heterocycles. The van der Waals surface area contributed by atoms with Gasteiger partial charge in [-0.15, -0.1) is 0 Å². The molecule has 2 aliphatic rings. The van der Waals surface area contributed by atoms with Gasteiger partial charge < -0.3 is 29.1 Å². The van der Waals surface area contributed by atoms with Crippen LogP contribution in [0.4, 0.5) is 0 Å². The van der Waals surface area contributed by atoms with Crippen molar-refractivity contribution in [3.05, 3.63) is 94.6 Å². The maximum atomic E-state index is 13.6. The van der Waals surface area contributed by atoms with Crippen LogP contribution in [0.25, 0.3) is 5.76 Å². The topological polar surface area (TPSA) is 88.5 Å². The highest BCUT2D eigenvalue weighted by Crippen LogP contribution is 2.43. The first-order chi connectivity index (χ1) is 20.3. The first-order valence-corrected chi connectivity index (χ1v) is 14.5. The molecule has 42 heavy (non-hydrogen) atoms. The number of carbonyl (C=O) groups excluding carboxylic acids is 2. The van der Waals surface area contributed by atoms with E-state index in [1.807, 2.05) is 49.4 Å². The molecule has 2 heterocycles. The molecule has 8 nitrogen and oxygen atoms in total. The van der Waals surface area contributed by atoms with Crippen LogP contribution >= 0.6 is 0 Å². The van der Waals surface area contributed by atoms with Gasteiger partial charge in [0, 0.05) is 25.1 Å². The van der Waals surface area contributed by atoms with Gasteiger partial charge in [0.05, 0.1) is 18.7 Å². The number of Topliss-reactive ketones (excluding diaryl/α,β-unsaturated/α-hetero) is 1. The Morgan fingerprint density at radius 2 is 1.79 bits per heavy atom. The zero-order chi connectivity index (χ0) is 29.8. The van der Waals surface area contributed by atoms with Crippen LogP contribution in [0.3, 0.4) is 0 Å². The quantitative estimate of drug-likeness (QED) is 0.189. The highest BCUT2D eigenvalue weighted by molar-refractivity contribution is 6.46. The molecule has 5 rings (SSSR count). The summed E-state index contributed by atoms with van der Waals surface area (Å²) in [5.74, 6) is 0.251. The average Bonchev–Trinajstić information content (AvgIpc) is 3.51. The molecule has 0 aliphatic carbocycles. The zero-order valence-electron chi connectivity index (χ0n) is 24.6. The summed E-state index contributed by atoms with van der Waals surface area (Å²) in [5.41, 5.74) is 3.17. The largest absolute Gasteiger partial charge is 0.507 e. The van der Waals surface area contributed by atoms with Crippen LogP contribution in [0, 0.1) is 0 Å². The maximum Gasteiger partial charge on any atom is 0.295 e. The predicted molar refractivity (Wildman–Crippen MR) is 161 cm³/mol. The van der Waals surface area contributed by atoms with Crippen molar-refractivity contribution in [2.24, 2.45) is 0 Å². The Kier molecular flexibility index (Phi) is 8.83. The standard InChI is InChI=1S/C34H38N2O6/c1-5-35(6-2)16-17-36-31(24-12-15-28(29(20-24)40-4)41-21-23-10-8-7-9-11-23)30(33(38)34(36)39)32(37)25-13-14-27-26(19-25)18-22(3)42-27/h7-15,19-20,22,31,37H,5-6,16-18,21H2,1-4H3. The molecule has 1 amide bonds. The van der Waals surface area contributed by atoms with Gasteiger partial charge in [-0.3, -0.25) is 9.59 Å². The zero-order valence-corrected chi connectivity index (χ0v) is 24.6. The van der Waals surface area contributed by atoms with E-state index in [0.717, 1.165) is 30.0 Å². The van der Waals surface area contributed by atoms with Crippen LogP contribution in [0.15, 0.2) is 72.3 Å². The number of hydrogen-bond acceptors (Lipinski definition) is 7. The number of carbonyl (C=O) groups is 2. The number of likely N-dealkylation sites (N-methyl/N-ethyl adjacent to an activating group) is 1. The number of nitrogens with zero attached hydrogens (tertiary/aromatic N) is 2. The van der Waals surface area contributed by atoms with Gasteiger partial charge in [-0.1, -0.05) is 50.2 Å². The fraction of sp³-hybridized carbons (Fsp3) is 0.353. The molecule has 3 aromatic carbocycles. The molecule has 1 fully saturated rings. The fourth-order valence-corrected chi connectivity index (χ4v) is 5.68. The lowest BCUT2D eigenvalue weighted by Gasteiger charge is -2.28. The van der Waals surface area contributed by atoms with Gasteiger partial charge in [-0.2, -0.15) is 0 Å². The van der Waals surface area contributed by atoms with E-state index in [1.54, 1.807) is 36.3 Å². The van der Waals surface area contributed by atoms with E-state index in [4.69, 9.17) is 14.2 Å². The van der Waals surface area contributed by atoms with Gasteiger partial charge in [-0.25, -0.2) is 0 Å². The highest BCUT2D eigenvalue weighted by atomic mass is 16.5. The van der Waals surface area contributed by atoms with Crippen molar-refractivity contribution in [1.82, 2.24) is 9.80 Å². The molecule has 0 spiro atoms. The summed E-state index contributed by atoms with van der Waals surface area (Å²) in [7, 11) is 1.55. The first kappa shape index (κ1) is 29.2. The molecule has 2 aliphatic heterocycles. The van der Waals surface area contributed by atoms with Crippen LogP contribution in [0.2, 0.25) is 0 Å². The van der Waals surface area contributed by atoms with Crippen molar-refractivity contribution in [3.8, 4) is 17.2 Å². The molecule has 2 unspecified atom stereocenters. The number of ether oxygens (including phenoxy) is 3. The number of aliphatic hydroxyl groups excluding tert-OH is 1. The van der Waals surface area contributed by atoms with Crippen LogP contribution in [0.1, 0.15) is 49.1 Å². The molecule has 0 saturated carbocycles. The Balaban J connectivity index is 1.54. The van der Waals surface area contributed by atoms with Crippen LogP contribution in [0.5, 0.6) is 17.2 Å². The molecule has 0 bridgehead atoms. The van der Waals surface area contributed by atoms with E-state index in [-0.39, 0.29) is 17.4 Å². The van der Waals surface area contributed by atoms with Gasteiger partial charge in [0.25, 0.3) is 11.7 Å². The summed E-state index contributed by atoms with van der Waals surface area (Å²) in [6, 6.07) is 19.8. The van der Waals surface area contributed by atoms with E-state index in [0.29, 0.717) is 48.7 Å². The van der Waals surface area contributed by atoms with Gasteiger partial charge in [0.2, 0.25) is 0 Å². The second kappa shape index (κ2) is 12.7. The number of methoxy groups -OCH3 is 1. The number of aliphatic hydroxyl groups is 1. The Hall–Kier alpha value is -4.30. The van der Waals surface area contributed by atoms with Gasteiger partial charge >= 0.3 is 0 Å². The Morgan fingerprint density at radius 3 is 2.50 bits per heavy atom. The third-order valence-electron chi connectivity index (χ3n) is 8.00. The lowest BCUT2D eigenvalue weighted by Crippen LogP contribution is -2.38. The van der Waals surface area contributed by atoms with Crippen LogP contribution in [-0.4, -0.2) is 66.0 Å². The van der Waals surface area contributed by atoms with E-state index >= 15 is 0 Å². The molecule has 1 saturated heterocycles. The van der Waals surface area contributed by atoms with Gasteiger partial charge in [0.15, 0.2) is 11.5 Å². The summed E-state index contributed by atoms with van der Waals surface area (Å²) in [6.07, 6.45) is 0.748. The minimum absolute atomic E-state index is 0.0399. The SMILES string of the molecule is CCN(CC)CCN1C(=O)C(=O)C(=C(O)c2ccc3c(c2)CC(C)O3)C1c1ccc(OCc2ccccc2)c(OC)c1. The van der Waals surface area contributed by atoms with Crippen LogP contribution in [-0.2, 0) is 22.6 Å². The smallest absolute Gasteiger partial charge is 0.295 e.